The van der Waals surface area contributed by atoms with Crippen molar-refractivity contribution in [3.8, 4) is 11.5 Å². The SMILES string of the molecule is O=C(COC(=O)C1CCCCN1c1ncccn1)Nc1cc2c(cc1[N+](=O)[O-])OCCCO2. The molecule has 0 radical (unpaired) electrons. The number of rotatable bonds is 6. The summed E-state index contributed by atoms with van der Waals surface area (Å²) >= 11 is 0. The zero-order valence-corrected chi connectivity index (χ0v) is 17.8. The van der Waals surface area contributed by atoms with Gasteiger partial charge in [0, 0.05) is 31.4 Å². The van der Waals surface area contributed by atoms with Crippen LogP contribution in [0.25, 0.3) is 0 Å². The first-order chi connectivity index (χ1) is 16.0. The minimum absolute atomic E-state index is 0.0673. The molecule has 1 amide bonds. The second-order valence-corrected chi connectivity index (χ2v) is 7.53. The summed E-state index contributed by atoms with van der Waals surface area (Å²) in [7, 11) is 0. The predicted octanol–water partition coefficient (Wildman–Crippen LogP) is 2.09. The maximum absolute atomic E-state index is 12.7. The number of anilines is 2. The van der Waals surface area contributed by atoms with E-state index in [0.29, 0.717) is 44.3 Å². The Morgan fingerprint density at radius 2 is 1.88 bits per heavy atom. The predicted molar refractivity (Wildman–Crippen MR) is 115 cm³/mol. The summed E-state index contributed by atoms with van der Waals surface area (Å²) in [6.07, 6.45) is 6.08. The standard InChI is InChI=1S/C21H23N5O7/c27-19(24-14-11-17-18(12-16(14)26(29)30)32-10-4-9-31-17)13-33-20(28)15-5-1-2-8-25(15)21-22-6-3-7-23-21/h3,6-7,11-12,15H,1-2,4-5,8-10,13H2,(H,24,27). The van der Waals surface area contributed by atoms with Crippen LogP contribution in [0.2, 0.25) is 0 Å². The molecule has 1 aromatic heterocycles. The van der Waals surface area contributed by atoms with E-state index < -0.39 is 29.4 Å². The lowest BCUT2D eigenvalue weighted by Crippen LogP contribution is -2.47. The third kappa shape index (κ3) is 5.27. The molecule has 2 aromatic rings. The van der Waals surface area contributed by atoms with Gasteiger partial charge in [-0.1, -0.05) is 0 Å². The highest BCUT2D eigenvalue weighted by Crippen LogP contribution is 2.39. The number of carbonyl (C=O) groups is 2. The zero-order chi connectivity index (χ0) is 23.2. The lowest BCUT2D eigenvalue weighted by atomic mass is 10.0. The van der Waals surface area contributed by atoms with Crippen LogP contribution in [0, 0.1) is 10.1 Å². The van der Waals surface area contributed by atoms with Gasteiger partial charge in [-0.2, -0.15) is 0 Å². The molecule has 33 heavy (non-hydrogen) atoms. The number of esters is 1. The molecule has 1 fully saturated rings. The van der Waals surface area contributed by atoms with Gasteiger partial charge in [-0.15, -0.1) is 0 Å². The second-order valence-electron chi connectivity index (χ2n) is 7.53. The van der Waals surface area contributed by atoms with Gasteiger partial charge in [-0.3, -0.25) is 14.9 Å². The third-order valence-corrected chi connectivity index (χ3v) is 5.27. The van der Waals surface area contributed by atoms with Crippen molar-refractivity contribution in [3.63, 3.8) is 0 Å². The van der Waals surface area contributed by atoms with Crippen molar-refractivity contribution in [2.45, 2.75) is 31.7 Å². The highest BCUT2D eigenvalue weighted by Gasteiger charge is 2.32. The van der Waals surface area contributed by atoms with Gasteiger partial charge in [0.1, 0.15) is 11.7 Å². The molecule has 0 spiro atoms. The molecule has 3 heterocycles. The van der Waals surface area contributed by atoms with Gasteiger partial charge in [0.05, 0.1) is 24.2 Å². The molecule has 1 atom stereocenters. The Labute approximate surface area is 189 Å². The molecule has 1 aromatic carbocycles. The molecule has 2 aliphatic rings. The van der Waals surface area contributed by atoms with Gasteiger partial charge in [-0.25, -0.2) is 14.8 Å². The number of nitrogens with zero attached hydrogens (tertiary/aromatic N) is 4. The van der Waals surface area contributed by atoms with Crippen molar-refractivity contribution in [1.29, 1.82) is 0 Å². The van der Waals surface area contributed by atoms with Gasteiger partial charge in [0.15, 0.2) is 18.1 Å². The summed E-state index contributed by atoms with van der Waals surface area (Å²) in [5, 5.41) is 13.9. The van der Waals surface area contributed by atoms with Crippen molar-refractivity contribution in [2.75, 3.05) is 36.6 Å². The van der Waals surface area contributed by atoms with Crippen molar-refractivity contribution in [2.24, 2.45) is 0 Å². The van der Waals surface area contributed by atoms with E-state index in [1.165, 1.54) is 12.1 Å². The van der Waals surface area contributed by atoms with Gasteiger partial charge in [0.25, 0.3) is 11.6 Å². The molecule has 0 aliphatic carbocycles. The van der Waals surface area contributed by atoms with Gasteiger partial charge < -0.3 is 24.4 Å². The summed E-state index contributed by atoms with van der Waals surface area (Å²) in [5.74, 6) is -0.327. The number of carbonyl (C=O) groups excluding carboxylic acids is 2. The van der Waals surface area contributed by atoms with E-state index in [1.54, 1.807) is 23.4 Å². The largest absolute Gasteiger partial charge is 0.489 e. The molecular weight excluding hydrogens is 434 g/mol. The van der Waals surface area contributed by atoms with Crippen LogP contribution in [-0.2, 0) is 14.3 Å². The number of aromatic nitrogens is 2. The summed E-state index contributed by atoms with van der Waals surface area (Å²) in [6, 6.07) is 3.63. The molecule has 1 unspecified atom stereocenters. The minimum atomic E-state index is -0.709. The molecule has 174 valence electrons. The molecule has 12 heteroatoms. The van der Waals surface area contributed by atoms with Crippen LogP contribution in [-0.4, -0.2) is 59.2 Å². The molecule has 1 saturated heterocycles. The summed E-state index contributed by atoms with van der Waals surface area (Å²) in [5.41, 5.74) is -0.416. The average Bonchev–Trinajstić information content (AvgIpc) is 3.07. The Bertz CT molecular complexity index is 1030. The number of nitro benzene ring substituents is 1. The third-order valence-electron chi connectivity index (χ3n) is 5.27. The van der Waals surface area contributed by atoms with E-state index in [1.807, 2.05) is 0 Å². The van der Waals surface area contributed by atoms with Crippen molar-refractivity contribution in [1.82, 2.24) is 9.97 Å². The Morgan fingerprint density at radius 3 is 2.61 bits per heavy atom. The molecule has 12 nitrogen and oxygen atoms in total. The molecule has 0 bridgehead atoms. The molecular formula is C21H23N5O7. The monoisotopic (exact) mass is 457 g/mol. The van der Waals surface area contributed by atoms with E-state index >= 15 is 0 Å². The second kappa shape index (κ2) is 10.1. The van der Waals surface area contributed by atoms with Crippen molar-refractivity contribution in [3.05, 3.63) is 40.7 Å². The minimum Gasteiger partial charge on any atom is -0.489 e. The fourth-order valence-corrected chi connectivity index (χ4v) is 3.72. The number of hydrogen-bond acceptors (Lipinski definition) is 10. The first-order valence-electron chi connectivity index (χ1n) is 10.6. The van der Waals surface area contributed by atoms with Crippen LogP contribution >= 0.6 is 0 Å². The number of piperidine rings is 1. The molecule has 0 saturated carbocycles. The molecule has 1 N–H and O–H groups in total. The van der Waals surface area contributed by atoms with Gasteiger partial charge >= 0.3 is 5.97 Å². The van der Waals surface area contributed by atoms with Crippen LogP contribution in [0.5, 0.6) is 11.5 Å². The van der Waals surface area contributed by atoms with E-state index in [4.69, 9.17) is 14.2 Å². The first-order valence-corrected chi connectivity index (χ1v) is 10.6. The highest BCUT2D eigenvalue weighted by molar-refractivity contribution is 5.96. The number of nitrogens with one attached hydrogen (secondary N) is 1. The normalized spacial score (nSPS) is 17.6. The van der Waals surface area contributed by atoms with Crippen LogP contribution in [0.15, 0.2) is 30.6 Å². The fraction of sp³-hybridized carbons (Fsp3) is 0.429. The van der Waals surface area contributed by atoms with Crippen LogP contribution in [0.4, 0.5) is 17.3 Å². The Kier molecular flexibility index (Phi) is 6.81. The Balaban J connectivity index is 1.41. The number of fused-ring (bicyclic) bond motifs is 1. The molecule has 2 aliphatic heterocycles. The lowest BCUT2D eigenvalue weighted by molar-refractivity contribution is -0.384. The number of hydrogen-bond donors (Lipinski definition) is 1. The van der Waals surface area contributed by atoms with E-state index in [-0.39, 0.29) is 17.1 Å². The number of ether oxygens (including phenoxy) is 3. The van der Waals surface area contributed by atoms with E-state index in [0.717, 1.165) is 12.8 Å². The number of amides is 1. The first kappa shape index (κ1) is 22.2. The highest BCUT2D eigenvalue weighted by atomic mass is 16.6. The van der Waals surface area contributed by atoms with E-state index in [9.17, 15) is 19.7 Å². The van der Waals surface area contributed by atoms with Crippen LogP contribution in [0.3, 0.4) is 0 Å². The van der Waals surface area contributed by atoms with Gasteiger partial charge in [-0.05, 0) is 25.3 Å². The van der Waals surface area contributed by atoms with Gasteiger partial charge in [0.2, 0.25) is 5.95 Å². The van der Waals surface area contributed by atoms with Crippen molar-refractivity contribution < 1.29 is 28.7 Å². The lowest BCUT2D eigenvalue weighted by Gasteiger charge is -2.33. The van der Waals surface area contributed by atoms with Crippen LogP contribution in [0.1, 0.15) is 25.7 Å². The summed E-state index contributed by atoms with van der Waals surface area (Å²) in [6.45, 7) is 0.765. The average molecular weight is 457 g/mol. The van der Waals surface area contributed by atoms with Crippen molar-refractivity contribution >= 4 is 29.2 Å². The van der Waals surface area contributed by atoms with E-state index in [2.05, 4.69) is 15.3 Å². The smallest absolute Gasteiger partial charge is 0.329 e. The quantitative estimate of drug-likeness (QED) is 0.388. The maximum Gasteiger partial charge on any atom is 0.329 e. The Morgan fingerprint density at radius 1 is 1.15 bits per heavy atom. The number of benzene rings is 1. The fourth-order valence-electron chi connectivity index (χ4n) is 3.72. The number of nitro groups is 1. The van der Waals surface area contributed by atoms with Crippen LogP contribution < -0.4 is 19.7 Å². The molecule has 4 rings (SSSR count). The summed E-state index contributed by atoms with van der Waals surface area (Å²) < 4.78 is 16.2. The Hall–Kier alpha value is -3.96. The maximum atomic E-state index is 12.7. The zero-order valence-electron chi connectivity index (χ0n) is 17.8. The topological polar surface area (TPSA) is 146 Å². The summed E-state index contributed by atoms with van der Waals surface area (Å²) in [4.78, 5) is 46.1.